The zero-order chi connectivity index (χ0) is 17.9. The second-order valence-corrected chi connectivity index (χ2v) is 6.15. The Balaban J connectivity index is 1.49. The third-order valence-corrected chi connectivity index (χ3v) is 4.22. The van der Waals surface area contributed by atoms with Crippen molar-refractivity contribution >= 4 is 28.5 Å². The first-order chi connectivity index (χ1) is 12.7. The van der Waals surface area contributed by atoms with E-state index in [1.165, 1.54) is 6.33 Å². The molecule has 0 aliphatic carbocycles. The molecule has 0 aliphatic heterocycles. The van der Waals surface area contributed by atoms with Crippen molar-refractivity contribution in [2.75, 3.05) is 5.32 Å². The van der Waals surface area contributed by atoms with Crippen LogP contribution in [0.15, 0.2) is 49.2 Å². The van der Waals surface area contributed by atoms with E-state index in [0.717, 1.165) is 22.2 Å². The summed E-state index contributed by atoms with van der Waals surface area (Å²) in [7, 11) is 0. The molecule has 4 heterocycles. The van der Waals surface area contributed by atoms with Gasteiger partial charge in [0.05, 0.1) is 0 Å². The van der Waals surface area contributed by atoms with Crippen LogP contribution in [0.3, 0.4) is 0 Å². The van der Waals surface area contributed by atoms with Gasteiger partial charge in [0, 0.05) is 42.5 Å². The average molecular weight is 369 g/mol. The van der Waals surface area contributed by atoms with E-state index in [1.54, 1.807) is 30.6 Å². The molecule has 0 aliphatic rings. The Hall–Kier alpha value is -3.06. The van der Waals surface area contributed by atoms with Crippen LogP contribution in [0.2, 0.25) is 5.15 Å². The third-order valence-electron chi connectivity index (χ3n) is 4.01. The quantitative estimate of drug-likeness (QED) is 0.524. The Morgan fingerprint density at radius 3 is 2.92 bits per heavy atom. The van der Waals surface area contributed by atoms with Gasteiger partial charge >= 0.3 is 0 Å². The van der Waals surface area contributed by atoms with E-state index < -0.39 is 5.95 Å². The van der Waals surface area contributed by atoms with Crippen molar-refractivity contribution in [2.24, 2.45) is 0 Å². The van der Waals surface area contributed by atoms with Gasteiger partial charge in [0.1, 0.15) is 22.9 Å². The molecule has 4 aromatic heterocycles. The minimum Gasteiger partial charge on any atom is -0.366 e. The number of pyridine rings is 2. The van der Waals surface area contributed by atoms with Crippen LogP contribution in [0.1, 0.15) is 16.7 Å². The number of anilines is 1. The number of aromatic nitrogens is 5. The second-order valence-electron chi connectivity index (χ2n) is 5.76. The minimum atomic E-state index is -0.506. The third kappa shape index (κ3) is 3.48. The van der Waals surface area contributed by atoms with Crippen LogP contribution >= 0.6 is 11.6 Å². The summed E-state index contributed by atoms with van der Waals surface area (Å²) in [4.78, 5) is 19.1. The lowest BCUT2D eigenvalue weighted by molar-refractivity contribution is 0.571. The van der Waals surface area contributed by atoms with Crippen LogP contribution in [0, 0.1) is 5.95 Å². The van der Waals surface area contributed by atoms with E-state index in [4.69, 9.17) is 11.6 Å². The van der Waals surface area contributed by atoms with Crippen LogP contribution in [0.4, 0.5) is 10.2 Å². The number of fused-ring (bicyclic) bond motifs is 1. The van der Waals surface area contributed by atoms with Gasteiger partial charge in [-0.15, -0.1) is 0 Å². The smallest absolute Gasteiger partial charge is 0.218 e. The fraction of sp³-hybridized carbons (Fsp3) is 0.111. The van der Waals surface area contributed by atoms with E-state index in [0.29, 0.717) is 29.5 Å². The number of rotatable bonds is 5. The van der Waals surface area contributed by atoms with Gasteiger partial charge in [0.2, 0.25) is 5.95 Å². The lowest BCUT2D eigenvalue weighted by atomic mass is 10.1. The van der Waals surface area contributed by atoms with Gasteiger partial charge in [-0.05, 0) is 29.3 Å². The highest BCUT2D eigenvalue weighted by molar-refractivity contribution is 6.29. The van der Waals surface area contributed by atoms with Crippen LogP contribution in [-0.4, -0.2) is 24.9 Å². The molecule has 0 saturated carbocycles. The molecule has 130 valence electrons. The first-order valence-electron chi connectivity index (χ1n) is 7.95. The highest BCUT2D eigenvalue weighted by atomic mass is 35.5. The predicted octanol–water partition coefficient (Wildman–Crippen LogP) is 3.74. The highest BCUT2D eigenvalue weighted by Crippen LogP contribution is 2.20. The molecule has 4 aromatic rings. The predicted molar refractivity (Wildman–Crippen MR) is 97.5 cm³/mol. The van der Waals surface area contributed by atoms with E-state index in [2.05, 4.69) is 30.2 Å². The minimum absolute atomic E-state index is 0.409. The Morgan fingerprint density at radius 2 is 2.08 bits per heavy atom. The Bertz CT molecular complexity index is 1060. The molecule has 6 nitrogen and oxygen atoms in total. The molecule has 0 spiro atoms. The maximum atomic E-state index is 14.4. The van der Waals surface area contributed by atoms with Gasteiger partial charge in [-0.1, -0.05) is 17.7 Å². The van der Waals surface area contributed by atoms with Crippen molar-refractivity contribution in [3.05, 3.63) is 77.0 Å². The topological polar surface area (TPSA) is 79.4 Å². The average Bonchev–Trinajstić information content (AvgIpc) is 3.05. The number of nitrogens with zero attached hydrogens (tertiary/aromatic N) is 4. The molecule has 4 rings (SSSR count). The van der Waals surface area contributed by atoms with Gasteiger partial charge < -0.3 is 10.3 Å². The first kappa shape index (κ1) is 16.4. The number of hydrogen-bond donors (Lipinski definition) is 2. The molecule has 0 unspecified atom stereocenters. The molecule has 2 N–H and O–H groups in total. The number of hydrogen-bond acceptors (Lipinski definition) is 5. The monoisotopic (exact) mass is 368 g/mol. The van der Waals surface area contributed by atoms with E-state index in [1.807, 2.05) is 12.3 Å². The van der Waals surface area contributed by atoms with Crippen LogP contribution < -0.4 is 5.32 Å². The summed E-state index contributed by atoms with van der Waals surface area (Å²) in [6.07, 6.45) is 7.04. The zero-order valence-electron chi connectivity index (χ0n) is 13.6. The summed E-state index contributed by atoms with van der Waals surface area (Å²) in [6, 6.07) is 7.07. The second kappa shape index (κ2) is 7.05. The Kier molecular flexibility index (Phi) is 4.45. The highest BCUT2D eigenvalue weighted by Gasteiger charge is 2.10. The standard InChI is InChI=1S/C18H14ClFN6/c19-15-5-11(3-4-22-15)7-23-16-2-1-12(17(20)26-16)6-13-8-24-18-14(13)9-21-10-25-18/h1-5,8-10H,6-7H2,(H,23,26)(H,21,24,25). The van der Waals surface area contributed by atoms with Crippen molar-refractivity contribution in [1.29, 1.82) is 0 Å². The van der Waals surface area contributed by atoms with E-state index in [-0.39, 0.29) is 0 Å². The fourth-order valence-corrected chi connectivity index (χ4v) is 2.90. The lowest BCUT2D eigenvalue weighted by Gasteiger charge is -2.08. The number of H-pyrrole nitrogens is 1. The molecular formula is C18H14ClFN6. The maximum absolute atomic E-state index is 14.4. The van der Waals surface area contributed by atoms with Crippen LogP contribution in [0.5, 0.6) is 0 Å². The van der Waals surface area contributed by atoms with Gasteiger partial charge in [-0.25, -0.2) is 19.9 Å². The fourth-order valence-electron chi connectivity index (χ4n) is 2.70. The molecule has 0 amide bonds. The molecule has 0 radical (unpaired) electrons. The summed E-state index contributed by atoms with van der Waals surface area (Å²) in [6.45, 7) is 0.480. The number of aromatic amines is 1. The van der Waals surface area contributed by atoms with Crippen molar-refractivity contribution in [1.82, 2.24) is 24.9 Å². The van der Waals surface area contributed by atoms with E-state index >= 15 is 0 Å². The van der Waals surface area contributed by atoms with Crippen LogP contribution in [0.25, 0.3) is 11.0 Å². The van der Waals surface area contributed by atoms with Crippen molar-refractivity contribution in [3.8, 4) is 0 Å². The summed E-state index contributed by atoms with van der Waals surface area (Å²) in [5, 5.41) is 4.38. The van der Waals surface area contributed by atoms with Gasteiger partial charge in [0.25, 0.3) is 0 Å². The summed E-state index contributed by atoms with van der Waals surface area (Å²) >= 11 is 5.86. The molecule has 0 saturated heterocycles. The molecule has 0 atom stereocenters. The van der Waals surface area contributed by atoms with E-state index in [9.17, 15) is 4.39 Å². The molecule has 0 aromatic carbocycles. The SMILES string of the molecule is Fc1nc(NCc2ccnc(Cl)c2)ccc1Cc1c[nH]c2ncncc12. The first-order valence-corrected chi connectivity index (χ1v) is 8.32. The van der Waals surface area contributed by atoms with Crippen molar-refractivity contribution < 1.29 is 4.39 Å². The molecular weight excluding hydrogens is 355 g/mol. The van der Waals surface area contributed by atoms with Crippen molar-refractivity contribution in [3.63, 3.8) is 0 Å². The number of nitrogens with one attached hydrogen (secondary N) is 2. The normalized spacial score (nSPS) is 11.0. The Morgan fingerprint density at radius 1 is 1.15 bits per heavy atom. The molecule has 8 heteroatoms. The van der Waals surface area contributed by atoms with Gasteiger partial charge in [-0.2, -0.15) is 4.39 Å². The van der Waals surface area contributed by atoms with Gasteiger partial charge in [-0.3, -0.25) is 0 Å². The van der Waals surface area contributed by atoms with Gasteiger partial charge in [0.15, 0.2) is 0 Å². The molecule has 26 heavy (non-hydrogen) atoms. The lowest BCUT2D eigenvalue weighted by Crippen LogP contribution is -2.04. The van der Waals surface area contributed by atoms with Crippen molar-refractivity contribution in [2.45, 2.75) is 13.0 Å². The van der Waals surface area contributed by atoms with Crippen LogP contribution in [-0.2, 0) is 13.0 Å². The summed E-state index contributed by atoms with van der Waals surface area (Å²) < 4.78 is 14.4. The Labute approximate surface area is 153 Å². The summed E-state index contributed by atoms with van der Waals surface area (Å²) in [5.74, 6) is -0.0459. The number of halogens is 2. The molecule has 0 bridgehead atoms. The summed E-state index contributed by atoms with van der Waals surface area (Å²) in [5.41, 5.74) is 3.11. The maximum Gasteiger partial charge on any atom is 0.218 e. The zero-order valence-corrected chi connectivity index (χ0v) is 14.3. The molecule has 0 fully saturated rings. The largest absolute Gasteiger partial charge is 0.366 e.